The minimum absolute atomic E-state index is 0.0569. The van der Waals surface area contributed by atoms with Crippen LogP contribution in [0.5, 0.6) is 0 Å². The second-order valence-electron chi connectivity index (χ2n) is 10.1. The van der Waals surface area contributed by atoms with Gasteiger partial charge in [-0.25, -0.2) is 4.39 Å². The molecule has 188 valence electrons. The molecule has 2 aromatic rings. The SMILES string of the molecule is O=C(NC1CCCCC1)[C@H]1Cc2cc(C(F)(F)F)ccc2N2CCN(Cc3ccc(F)cc3)C[C@@H]12. The summed E-state index contributed by atoms with van der Waals surface area (Å²) >= 11 is 0. The summed E-state index contributed by atoms with van der Waals surface area (Å²) in [6, 6.07) is 10.4. The largest absolute Gasteiger partial charge is 0.416 e. The number of carbonyl (C=O) groups is 1. The van der Waals surface area contributed by atoms with Crippen LogP contribution in [0.4, 0.5) is 23.2 Å². The van der Waals surface area contributed by atoms with Crippen molar-refractivity contribution in [3.05, 3.63) is 65.0 Å². The van der Waals surface area contributed by atoms with Gasteiger partial charge in [-0.3, -0.25) is 9.69 Å². The van der Waals surface area contributed by atoms with Crippen LogP contribution in [-0.4, -0.2) is 42.5 Å². The maximum absolute atomic E-state index is 13.5. The second kappa shape index (κ2) is 9.80. The summed E-state index contributed by atoms with van der Waals surface area (Å²) in [5.74, 6) is -0.761. The number of piperazine rings is 1. The van der Waals surface area contributed by atoms with E-state index in [1.54, 1.807) is 18.2 Å². The molecule has 1 aliphatic carbocycles. The number of nitrogens with one attached hydrogen (secondary N) is 1. The number of anilines is 1. The predicted octanol–water partition coefficient (Wildman–Crippen LogP) is 5.16. The Balaban J connectivity index is 1.40. The third kappa shape index (κ3) is 5.32. The molecule has 2 aliphatic heterocycles. The van der Waals surface area contributed by atoms with E-state index in [-0.39, 0.29) is 23.8 Å². The van der Waals surface area contributed by atoms with Crippen LogP contribution < -0.4 is 10.2 Å². The molecule has 8 heteroatoms. The van der Waals surface area contributed by atoms with Crippen molar-refractivity contribution in [3.8, 4) is 0 Å². The standard InChI is InChI=1S/C27H31F4N3O/c28-21-9-6-18(7-10-21)16-33-12-13-34-24-11-8-20(27(29,30)31)14-19(24)15-23(25(34)17-33)26(35)32-22-4-2-1-3-5-22/h6-11,14,22-23,25H,1-5,12-13,15-17H2,(H,32,35)/t23-,25-/m0/s1. The molecule has 0 radical (unpaired) electrons. The van der Waals surface area contributed by atoms with Gasteiger partial charge in [0.2, 0.25) is 5.91 Å². The van der Waals surface area contributed by atoms with Crippen molar-refractivity contribution in [2.45, 2.75) is 63.3 Å². The van der Waals surface area contributed by atoms with Crippen LogP contribution >= 0.6 is 0 Å². The van der Waals surface area contributed by atoms with E-state index in [1.807, 2.05) is 0 Å². The molecule has 2 fully saturated rings. The summed E-state index contributed by atoms with van der Waals surface area (Å²) in [7, 11) is 0. The molecule has 3 aliphatic rings. The van der Waals surface area contributed by atoms with Gasteiger partial charge in [-0.15, -0.1) is 0 Å². The first-order chi connectivity index (χ1) is 16.8. The first-order valence-electron chi connectivity index (χ1n) is 12.5. The minimum Gasteiger partial charge on any atom is -0.365 e. The Morgan fingerprint density at radius 1 is 1.00 bits per heavy atom. The van der Waals surface area contributed by atoms with Crippen LogP contribution in [0, 0.1) is 11.7 Å². The number of amides is 1. The van der Waals surface area contributed by atoms with Gasteiger partial charge in [0.15, 0.2) is 0 Å². The average Bonchev–Trinajstić information content (AvgIpc) is 2.84. The van der Waals surface area contributed by atoms with E-state index in [1.165, 1.54) is 24.6 Å². The Morgan fingerprint density at radius 2 is 1.74 bits per heavy atom. The Morgan fingerprint density at radius 3 is 2.46 bits per heavy atom. The maximum Gasteiger partial charge on any atom is 0.416 e. The van der Waals surface area contributed by atoms with Crippen molar-refractivity contribution < 1.29 is 22.4 Å². The van der Waals surface area contributed by atoms with Crippen molar-refractivity contribution in [1.82, 2.24) is 10.2 Å². The molecule has 5 rings (SSSR count). The van der Waals surface area contributed by atoms with Crippen LogP contribution in [0.15, 0.2) is 42.5 Å². The molecule has 0 unspecified atom stereocenters. The Hall–Kier alpha value is -2.61. The van der Waals surface area contributed by atoms with Crippen molar-refractivity contribution in [1.29, 1.82) is 0 Å². The van der Waals surface area contributed by atoms with Gasteiger partial charge in [-0.2, -0.15) is 13.2 Å². The summed E-state index contributed by atoms with van der Waals surface area (Å²) in [5, 5.41) is 3.22. The van der Waals surface area contributed by atoms with Crippen LogP contribution in [0.3, 0.4) is 0 Å². The Bertz CT molecular complexity index is 1050. The number of hydrogen-bond donors (Lipinski definition) is 1. The van der Waals surface area contributed by atoms with Crippen molar-refractivity contribution in [2.24, 2.45) is 5.92 Å². The zero-order chi connectivity index (χ0) is 24.6. The van der Waals surface area contributed by atoms with E-state index < -0.39 is 17.7 Å². The maximum atomic E-state index is 13.5. The monoisotopic (exact) mass is 489 g/mol. The fraction of sp³-hybridized carbons (Fsp3) is 0.519. The number of alkyl halides is 3. The molecule has 2 heterocycles. The third-order valence-corrected chi connectivity index (χ3v) is 7.73. The topological polar surface area (TPSA) is 35.6 Å². The zero-order valence-corrected chi connectivity index (χ0v) is 19.7. The van der Waals surface area contributed by atoms with Crippen molar-refractivity contribution >= 4 is 11.6 Å². The van der Waals surface area contributed by atoms with E-state index in [4.69, 9.17) is 0 Å². The normalized spacial score (nSPS) is 23.5. The summed E-state index contributed by atoms with van der Waals surface area (Å²) in [6.07, 6.45) is 1.15. The molecule has 0 bridgehead atoms. The summed E-state index contributed by atoms with van der Waals surface area (Å²) in [6.45, 7) is 2.60. The molecule has 1 amide bonds. The molecular formula is C27H31F4N3O. The number of benzene rings is 2. The second-order valence-corrected chi connectivity index (χ2v) is 10.1. The number of nitrogens with zero attached hydrogens (tertiary/aromatic N) is 2. The molecule has 2 atom stereocenters. The van der Waals surface area contributed by atoms with Crippen molar-refractivity contribution in [3.63, 3.8) is 0 Å². The number of carbonyl (C=O) groups excluding carboxylic acids is 1. The third-order valence-electron chi connectivity index (χ3n) is 7.73. The Labute approximate surface area is 203 Å². The van der Waals surface area contributed by atoms with Gasteiger partial charge in [0.1, 0.15) is 5.82 Å². The molecular weight excluding hydrogens is 458 g/mol. The fourth-order valence-electron chi connectivity index (χ4n) is 5.91. The first kappa shape index (κ1) is 24.1. The highest BCUT2D eigenvalue weighted by Gasteiger charge is 2.43. The number of halogens is 4. The lowest BCUT2D eigenvalue weighted by molar-refractivity contribution is -0.137. The van der Waals surface area contributed by atoms with E-state index in [2.05, 4.69) is 15.1 Å². The van der Waals surface area contributed by atoms with Crippen LogP contribution in [0.1, 0.15) is 48.8 Å². The van der Waals surface area contributed by atoms with Crippen LogP contribution in [0.25, 0.3) is 0 Å². The van der Waals surface area contributed by atoms with Gasteiger partial charge in [-0.05, 0) is 60.7 Å². The molecule has 0 spiro atoms. The van der Waals surface area contributed by atoms with Crippen molar-refractivity contribution in [2.75, 3.05) is 24.5 Å². The Kier molecular flexibility index (Phi) is 6.75. The van der Waals surface area contributed by atoms with Gasteiger partial charge < -0.3 is 10.2 Å². The van der Waals surface area contributed by atoms with E-state index >= 15 is 0 Å². The molecule has 0 aromatic heterocycles. The molecule has 1 saturated heterocycles. The average molecular weight is 490 g/mol. The highest BCUT2D eigenvalue weighted by atomic mass is 19.4. The number of fused-ring (bicyclic) bond motifs is 3. The van der Waals surface area contributed by atoms with E-state index in [0.29, 0.717) is 38.2 Å². The quantitative estimate of drug-likeness (QED) is 0.603. The van der Waals surface area contributed by atoms with E-state index in [9.17, 15) is 22.4 Å². The van der Waals surface area contributed by atoms with Crippen LogP contribution in [0.2, 0.25) is 0 Å². The fourth-order valence-corrected chi connectivity index (χ4v) is 5.91. The van der Waals surface area contributed by atoms with Gasteiger partial charge in [-0.1, -0.05) is 31.4 Å². The lowest BCUT2D eigenvalue weighted by atomic mass is 9.82. The molecule has 1 N–H and O–H groups in total. The van der Waals surface area contributed by atoms with Gasteiger partial charge >= 0.3 is 6.18 Å². The minimum atomic E-state index is -4.42. The molecule has 2 aromatic carbocycles. The highest BCUT2D eigenvalue weighted by molar-refractivity contribution is 5.82. The summed E-state index contributed by atoms with van der Waals surface area (Å²) in [4.78, 5) is 17.9. The highest BCUT2D eigenvalue weighted by Crippen LogP contribution is 2.40. The predicted molar refractivity (Wildman–Crippen MR) is 126 cm³/mol. The van der Waals surface area contributed by atoms with Gasteiger partial charge in [0.25, 0.3) is 0 Å². The van der Waals surface area contributed by atoms with Crippen LogP contribution in [-0.2, 0) is 23.9 Å². The lowest BCUT2D eigenvalue weighted by Crippen LogP contribution is -2.61. The smallest absolute Gasteiger partial charge is 0.365 e. The molecule has 1 saturated carbocycles. The number of rotatable bonds is 4. The molecule has 35 heavy (non-hydrogen) atoms. The zero-order valence-electron chi connectivity index (χ0n) is 19.7. The molecule has 4 nitrogen and oxygen atoms in total. The number of hydrogen-bond acceptors (Lipinski definition) is 3. The summed E-state index contributed by atoms with van der Waals surface area (Å²) < 4.78 is 53.6. The summed E-state index contributed by atoms with van der Waals surface area (Å²) in [5.41, 5.74) is 1.71. The first-order valence-corrected chi connectivity index (χ1v) is 12.5. The van der Waals surface area contributed by atoms with E-state index in [0.717, 1.165) is 43.0 Å². The lowest BCUT2D eigenvalue weighted by Gasteiger charge is -2.49. The van der Waals surface area contributed by atoms with Gasteiger partial charge in [0.05, 0.1) is 17.5 Å². The van der Waals surface area contributed by atoms with Gasteiger partial charge in [0, 0.05) is 37.9 Å².